The van der Waals surface area contributed by atoms with Crippen molar-refractivity contribution in [2.45, 2.75) is 18.8 Å². The Bertz CT molecular complexity index is 2620. The lowest BCUT2D eigenvalue weighted by molar-refractivity contribution is 0.586. The fraction of sp³-hybridized carbons (Fsp3) is 0.0652. The van der Waals surface area contributed by atoms with Gasteiger partial charge in [0.05, 0.1) is 0 Å². The second-order valence-electron chi connectivity index (χ2n) is 13.4. The molecule has 0 radical (unpaired) electrons. The van der Waals surface area contributed by atoms with Gasteiger partial charge in [-0.1, -0.05) is 127 Å². The van der Waals surface area contributed by atoms with Crippen molar-refractivity contribution in [1.82, 2.24) is 15.0 Å². The van der Waals surface area contributed by atoms with Crippen LogP contribution in [0.3, 0.4) is 0 Å². The molecule has 0 bridgehead atoms. The largest absolute Gasteiger partial charge is 0.313 e. The van der Waals surface area contributed by atoms with Crippen molar-refractivity contribution >= 4 is 48.5 Å². The first-order valence-corrected chi connectivity index (χ1v) is 18.2. The Balaban J connectivity index is 1.17. The molecule has 5 heteroatoms. The van der Waals surface area contributed by atoms with Gasteiger partial charge in [0.2, 0.25) is 0 Å². The van der Waals surface area contributed by atoms with Gasteiger partial charge in [-0.15, -0.1) is 11.3 Å². The predicted octanol–water partition coefficient (Wildman–Crippen LogP) is 12.0. The molecule has 0 fully saturated rings. The van der Waals surface area contributed by atoms with Gasteiger partial charge >= 0.3 is 0 Å². The number of rotatable bonds is 5. The van der Waals surface area contributed by atoms with E-state index in [-0.39, 0.29) is 5.41 Å². The summed E-state index contributed by atoms with van der Waals surface area (Å²) in [7, 11) is 0. The van der Waals surface area contributed by atoms with Gasteiger partial charge in [0.1, 0.15) is 0 Å². The van der Waals surface area contributed by atoms with Crippen LogP contribution in [0.15, 0.2) is 170 Å². The summed E-state index contributed by atoms with van der Waals surface area (Å²) in [6, 6.07) is 53.3. The Labute approximate surface area is 300 Å². The maximum absolute atomic E-state index is 5.15. The summed E-state index contributed by atoms with van der Waals surface area (Å²) in [5.74, 6) is 2.01. The van der Waals surface area contributed by atoms with Crippen LogP contribution >= 0.6 is 11.3 Å². The Morgan fingerprint density at radius 2 is 1.16 bits per heavy atom. The number of fused-ring (bicyclic) bond motifs is 6. The number of allylic oxidation sites excluding steroid dienone is 4. The van der Waals surface area contributed by atoms with Crippen molar-refractivity contribution in [1.29, 1.82) is 0 Å². The third-order valence-electron chi connectivity index (χ3n) is 10.4. The molecule has 2 aromatic heterocycles. The van der Waals surface area contributed by atoms with Gasteiger partial charge in [0.25, 0.3) is 0 Å². The minimum absolute atomic E-state index is 0.179. The van der Waals surface area contributed by atoms with Crippen molar-refractivity contribution < 1.29 is 0 Å². The lowest BCUT2D eigenvalue weighted by Crippen LogP contribution is -2.28. The van der Waals surface area contributed by atoms with E-state index in [0.717, 1.165) is 23.1 Å². The highest BCUT2D eigenvalue weighted by Gasteiger charge is 2.46. The Morgan fingerprint density at radius 3 is 1.88 bits per heavy atom. The molecule has 4 nitrogen and oxygen atoms in total. The van der Waals surface area contributed by atoms with E-state index < -0.39 is 0 Å². The lowest BCUT2D eigenvalue weighted by atomic mass is 9.72. The summed E-state index contributed by atoms with van der Waals surface area (Å²) in [4.78, 5) is 17.7. The SMILES string of the molecule is C[C@]12CC(c3ccc(-c4nc(-c5ccccc5)nc(-c5ccccc5)n4)c4c3sc3ccccc34)=CC=C1N(c1ccccc1)c1ccccc12. The number of hydrogen-bond donors (Lipinski definition) is 0. The molecule has 10 rings (SSSR count). The van der Waals surface area contributed by atoms with Gasteiger partial charge in [0.15, 0.2) is 17.5 Å². The van der Waals surface area contributed by atoms with Gasteiger partial charge < -0.3 is 4.90 Å². The zero-order valence-electron chi connectivity index (χ0n) is 28.0. The number of para-hydroxylation sites is 2. The van der Waals surface area contributed by atoms with E-state index in [4.69, 9.17) is 15.0 Å². The highest BCUT2D eigenvalue weighted by Crippen LogP contribution is 2.57. The predicted molar refractivity (Wildman–Crippen MR) is 212 cm³/mol. The first kappa shape index (κ1) is 29.7. The number of nitrogens with zero attached hydrogens (tertiary/aromatic N) is 4. The number of aromatic nitrogens is 3. The molecule has 1 aliphatic carbocycles. The van der Waals surface area contributed by atoms with E-state index in [0.29, 0.717) is 17.5 Å². The van der Waals surface area contributed by atoms with Crippen molar-refractivity contribution in [3.63, 3.8) is 0 Å². The molecule has 6 aromatic carbocycles. The van der Waals surface area contributed by atoms with Gasteiger partial charge in [-0.05, 0) is 66.5 Å². The summed E-state index contributed by atoms with van der Waals surface area (Å²) in [5, 5.41) is 2.41. The van der Waals surface area contributed by atoms with Crippen LogP contribution in [0.25, 0.3) is 59.9 Å². The molecule has 1 atom stereocenters. The first-order chi connectivity index (χ1) is 25.2. The van der Waals surface area contributed by atoms with E-state index in [1.54, 1.807) is 0 Å². The van der Waals surface area contributed by atoms with Crippen LogP contribution in [0.5, 0.6) is 0 Å². The molecule has 2 aliphatic rings. The molecule has 1 aliphatic heterocycles. The number of anilines is 2. The molecule has 0 amide bonds. The molecule has 0 saturated heterocycles. The number of benzene rings is 6. The van der Waals surface area contributed by atoms with Gasteiger partial charge in [-0.3, -0.25) is 0 Å². The number of thiophene rings is 1. The molecular weight excluding hydrogens is 641 g/mol. The zero-order valence-corrected chi connectivity index (χ0v) is 28.8. The topological polar surface area (TPSA) is 41.9 Å². The fourth-order valence-electron chi connectivity index (χ4n) is 7.95. The highest BCUT2D eigenvalue weighted by molar-refractivity contribution is 7.26. The van der Waals surface area contributed by atoms with E-state index in [2.05, 4.69) is 139 Å². The van der Waals surface area contributed by atoms with Crippen molar-refractivity contribution in [2.24, 2.45) is 0 Å². The van der Waals surface area contributed by atoms with Crippen LogP contribution in [-0.4, -0.2) is 15.0 Å². The Hall–Kier alpha value is -6.17. The molecular formula is C46H32N4S. The van der Waals surface area contributed by atoms with E-state index in [9.17, 15) is 0 Å². The molecule has 242 valence electrons. The first-order valence-electron chi connectivity index (χ1n) is 17.3. The molecule has 8 aromatic rings. The number of hydrogen-bond acceptors (Lipinski definition) is 5. The summed E-state index contributed by atoms with van der Waals surface area (Å²) in [6.07, 6.45) is 5.59. The maximum Gasteiger partial charge on any atom is 0.164 e. The maximum atomic E-state index is 5.15. The molecule has 0 unspecified atom stereocenters. The molecule has 0 spiro atoms. The Kier molecular flexibility index (Phi) is 6.83. The quantitative estimate of drug-likeness (QED) is 0.182. The third-order valence-corrected chi connectivity index (χ3v) is 11.6. The van der Waals surface area contributed by atoms with E-state index >= 15 is 0 Å². The standard InChI is InChI=1S/C46H32N4S/c1-46-29-32(25-28-40(46)50(33-19-9-4-10-20-33)38-23-13-12-22-37(38)46)34-26-27-36(41-35-21-11-14-24-39(35)51-42(34)41)45-48-43(30-15-5-2-6-16-30)47-44(49-45)31-17-7-3-8-18-31/h2-28H,29H2,1H3/t46-/m1/s1. The summed E-state index contributed by atoms with van der Waals surface area (Å²) < 4.78 is 2.51. The second kappa shape index (κ2) is 11.7. The minimum atomic E-state index is -0.179. The highest BCUT2D eigenvalue weighted by atomic mass is 32.1. The average Bonchev–Trinajstić information content (AvgIpc) is 3.71. The lowest BCUT2D eigenvalue weighted by Gasteiger charge is -2.34. The van der Waals surface area contributed by atoms with Crippen LogP contribution in [0, 0.1) is 0 Å². The smallest absolute Gasteiger partial charge is 0.164 e. The summed E-state index contributed by atoms with van der Waals surface area (Å²) >= 11 is 1.86. The zero-order chi connectivity index (χ0) is 33.9. The van der Waals surface area contributed by atoms with Gasteiger partial charge in [-0.2, -0.15) is 0 Å². The Morgan fingerprint density at radius 1 is 0.569 bits per heavy atom. The van der Waals surface area contributed by atoms with Crippen molar-refractivity contribution in [3.05, 3.63) is 181 Å². The second-order valence-corrected chi connectivity index (χ2v) is 14.5. The van der Waals surface area contributed by atoms with Gasteiger partial charge in [-0.25, -0.2) is 15.0 Å². The van der Waals surface area contributed by atoms with Crippen molar-refractivity contribution in [3.8, 4) is 34.2 Å². The summed E-state index contributed by atoms with van der Waals surface area (Å²) in [5.41, 5.74) is 10.5. The van der Waals surface area contributed by atoms with E-state index in [1.807, 2.05) is 47.7 Å². The van der Waals surface area contributed by atoms with Crippen LogP contribution in [0.2, 0.25) is 0 Å². The fourth-order valence-corrected chi connectivity index (χ4v) is 9.23. The van der Waals surface area contributed by atoms with Crippen LogP contribution in [-0.2, 0) is 5.41 Å². The monoisotopic (exact) mass is 672 g/mol. The molecule has 0 saturated carbocycles. The average molecular weight is 673 g/mol. The minimum Gasteiger partial charge on any atom is -0.313 e. The summed E-state index contributed by atoms with van der Waals surface area (Å²) in [6.45, 7) is 2.41. The molecule has 0 N–H and O–H groups in total. The molecule has 51 heavy (non-hydrogen) atoms. The van der Waals surface area contributed by atoms with Crippen LogP contribution in [0.1, 0.15) is 24.5 Å². The normalized spacial score (nSPS) is 16.5. The third kappa shape index (κ3) is 4.77. The molecule has 3 heterocycles. The van der Waals surface area contributed by atoms with Crippen LogP contribution in [0.4, 0.5) is 11.4 Å². The van der Waals surface area contributed by atoms with Crippen molar-refractivity contribution in [2.75, 3.05) is 4.90 Å². The van der Waals surface area contributed by atoms with Gasteiger partial charge in [0, 0.05) is 59.3 Å². The van der Waals surface area contributed by atoms with Crippen LogP contribution < -0.4 is 4.90 Å². The van der Waals surface area contributed by atoms with E-state index in [1.165, 1.54) is 53.9 Å².